The van der Waals surface area contributed by atoms with Gasteiger partial charge in [0.1, 0.15) is 0 Å². The van der Waals surface area contributed by atoms with E-state index in [2.05, 4.69) is 17.3 Å². The molecule has 1 aliphatic rings. The molecule has 0 amide bonds. The van der Waals surface area contributed by atoms with Crippen LogP contribution in [0.2, 0.25) is 0 Å². The molecule has 1 heterocycles. The van der Waals surface area contributed by atoms with Gasteiger partial charge in [0.25, 0.3) is 0 Å². The van der Waals surface area contributed by atoms with Gasteiger partial charge < -0.3 is 10.2 Å². The molecule has 0 aromatic rings. The topological polar surface area (TPSA) is 39.1 Å². The summed E-state index contributed by atoms with van der Waals surface area (Å²) in [4.78, 5) is 2.32. The van der Waals surface area contributed by atoms with Gasteiger partial charge in [0.15, 0.2) is 0 Å². The van der Waals surface area contributed by atoms with Crippen molar-refractivity contribution in [3.05, 3.63) is 0 Å². The van der Waals surface area contributed by atoms with Gasteiger partial charge in [-0.05, 0) is 33.0 Å². The van der Waals surface area contributed by atoms with Crippen LogP contribution in [0.4, 0.5) is 0 Å². The number of likely N-dealkylation sites (tertiary alicyclic amines) is 1. The molecule has 0 aromatic carbocycles. The second kappa shape index (κ2) is 3.56. The SMILES string of the molecule is CN1CCC(NC=N)CC1. The molecule has 2 N–H and O–H groups in total. The number of nitrogens with zero attached hydrogens (tertiary/aromatic N) is 1. The third-order valence-electron chi connectivity index (χ3n) is 2.04. The maximum absolute atomic E-state index is 6.84. The van der Waals surface area contributed by atoms with Crippen LogP contribution in [-0.4, -0.2) is 37.4 Å². The van der Waals surface area contributed by atoms with Gasteiger partial charge in [-0.2, -0.15) is 0 Å². The van der Waals surface area contributed by atoms with E-state index in [1.165, 1.54) is 19.2 Å². The monoisotopic (exact) mass is 141 g/mol. The molecule has 0 aliphatic carbocycles. The van der Waals surface area contributed by atoms with Gasteiger partial charge in [-0.15, -0.1) is 0 Å². The van der Waals surface area contributed by atoms with Gasteiger partial charge in [-0.1, -0.05) is 0 Å². The number of hydrogen-bond donors (Lipinski definition) is 2. The minimum atomic E-state index is 0.550. The van der Waals surface area contributed by atoms with Gasteiger partial charge in [0, 0.05) is 6.04 Å². The summed E-state index contributed by atoms with van der Waals surface area (Å²) in [6.45, 7) is 2.32. The van der Waals surface area contributed by atoms with E-state index in [0.717, 1.165) is 13.1 Å². The van der Waals surface area contributed by atoms with Crippen LogP contribution in [0.5, 0.6) is 0 Å². The van der Waals surface area contributed by atoms with Crippen LogP contribution in [0.3, 0.4) is 0 Å². The Bertz CT molecular complexity index is 105. The lowest BCUT2D eigenvalue weighted by molar-refractivity contribution is 0.247. The molecule has 1 aliphatic heterocycles. The van der Waals surface area contributed by atoms with Crippen molar-refractivity contribution >= 4 is 6.34 Å². The van der Waals surface area contributed by atoms with Gasteiger partial charge in [-0.25, -0.2) is 0 Å². The number of nitrogens with one attached hydrogen (secondary N) is 2. The Balaban J connectivity index is 2.19. The summed E-state index contributed by atoms with van der Waals surface area (Å²) in [7, 11) is 2.14. The van der Waals surface area contributed by atoms with Crippen molar-refractivity contribution in [3.63, 3.8) is 0 Å². The maximum atomic E-state index is 6.84. The Morgan fingerprint density at radius 3 is 2.60 bits per heavy atom. The number of rotatable bonds is 2. The average molecular weight is 141 g/mol. The van der Waals surface area contributed by atoms with Crippen molar-refractivity contribution in [2.24, 2.45) is 0 Å². The smallest absolute Gasteiger partial charge is 0.0793 e. The van der Waals surface area contributed by atoms with Crippen molar-refractivity contribution < 1.29 is 0 Å². The second-order valence-corrected chi connectivity index (χ2v) is 2.89. The fraction of sp³-hybridized carbons (Fsp3) is 0.857. The van der Waals surface area contributed by atoms with Crippen LogP contribution in [0.25, 0.3) is 0 Å². The Labute approximate surface area is 61.9 Å². The van der Waals surface area contributed by atoms with Gasteiger partial charge in [0.05, 0.1) is 6.34 Å². The molecule has 1 rings (SSSR count). The maximum Gasteiger partial charge on any atom is 0.0793 e. The highest BCUT2D eigenvalue weighted by molar-refractivity contribution is 5.50. The van der Waals surface area contributed by atoms with E-state index in [0.29, 0.717) is 6.04 Å². The molecule has 3 nitrogen and oxygen atoms in total. The van der Waals surface area contributed by atoms with E-state index in [-0.39, 0.29) is 0 Å². The van der Waals surface area contributed by atoms with Gasteiger partial charge in [-0.3, -0.25) is 5.41 Å². The largest absolute Gasteiger partial charge is 0.374 e. The third kappa shape index (κ3) is 1.99. The first-order chi connectivity index (χ1) is 4.83. The van der Waals surface area contributed by atoms with Crippen LogP contribution in [0.15, 0.2) is 0 Å². The normalized spacial score (nSPS) is 22.5. The van der Waals surface area contributed by atoms with Crippen LogP contribution < -0.4 is 5.32 Å². The van der Waals surface area contributed by atoms with Crippen molar-refractivity contribution in [3.8, 4) is 0 Å². The van der Waals surface area contributed by atoms with Crippen LogP contribution in [0.1, 0.15) is 12.8 Å². The molecule has 1 fully saturated rings. The van der Waals surface area contributed by atoms with Crippen LogP contribution in [0, 0.1) is 5.41 Å². The minimum absolute atomic E-state index is 0.550. The molecule has 0 saturated carbocycles. The highest BCUT2D eigenvalue weighted by Crippen LogP contribution is 2.06. The van der Waals surface area contributed by atoms with Crippen molar-refractivity contribution in [2.45, 2.75) is 18.9 Å². The first kappa shape index (κ1) is 7.54. The van der Waals surface area contributed by atoms with Gasteiger partial charge >= 0.3 is 0 Å². The van der Waals surface area contributed by atoms with Crippen LogP contribution in [-0.2, 0) is 0 Å². The lowest BCUT2D eigenvalue weighted by atomic mass is 10.1. The van der Waals surface area contributed by atoms with Crippen molar-refractivity contribution in [2.75, 3.05) is 20.1 Å². The zero-order valence-electron chi connectivity index (χ0n) is 6.43. The predicted octanol–water partition coefficient (Wildman–Crippen LogP) is 0.277. The van der Waals surface area contributed by atoms with E-state index in [9.17, 15) is 0 Å². The average Bonchev–Trinajstić information content (AvgIpc) is 1.95. The van der Waals surface area contributed by atoms with E-state index >= 15 is 0 Å². The summed E-state index contributed by atoms with van der Waals surface area (Å²) < 4.78 is 0. The predicted molar refractivity (Wildman–Crippen MR) is 42.4 cm³/mol. The molecule has 0 aromatic heterocycles. The fourth-order valence-corrected chi connectivity index (χ4v) is 1.29. The molecule has 10 heavy (non-hydrogen) atoms. The highest BCUT2D eigenvalue weighted by atomic mass is 15.1. The summed E-state index contributed by atoms with van der Waals surface area (Å²) >= 11 is 0. The summed E-state index contributed by atoms with van der Waals surface area (Å²) in [6.07, 6.45) is 3.65. The van der Waals surface area contributed by atoms with Gasteiger partial charge in [0.2, 0.25) is 0 Å². The molecule has 0 spiro atoms. The van der Waals surface area contributed by atoms with E-state index < -0.39 is 0 Å². The number of hydrogen-bond acceptors (Lipinski definition) is 2. The molecule has 0 atom stereocenters. The minimum Gasteiger partial charge on any atom is -0.374 e. The Hall–Kier alpha value is -0.570. The third-order valence-corrected chi connectivity index (χ3v) is 2.04. The lowest BCUT2D eigenvalue weighted by Gasteiger charge is -2.28. The van der Waals surface area contributed by atoms with E-state index in [4.69, 9.17) is 5.41 Å². The first-order valence-electron chi connectivity index (χ1n) is 3.76. The molecular formula is C7H15N3. The summed E-state index contributed by atoms with van der Waals surface area (Å²) in [5.74, 6) is 0. The zero-order valence-corrected chi connectivity index (χ0v) is 6.43. The lowest BCUT2D eigenvalue weighted by Crippen LogP contribution is -2.40. The second-order valence-electron chi connectivity index (χ2n) is 2.89. The molecule has 0 bridgehead atoms. The molecule has 0 unspecified atom stereocenters. The standard InChI is InChI=1S/C7H15N3/c1-10-4-2-7(3-5-10)9-6-8/h6-7H,2-5H2,1H3,(H2,8,9). The van der Waals surface area contributed by atoms with Crippen molar-refractivity contribution in [1.29, 1.82) is 5.41 Å². The van der Waals surface area contributed by atoms with Crippen molar-refractivity contribution in [1.82, 2.24) is 10.2 Å². The van der Waals surface area contributed by atoms with E-state index in [1.54, 1.807) is 0 Å². The summed E-state index contributed by atoms with van der Waals surface area (Å²) in [5.41, 5.74) is 0. The summed E-state index contributed by atoms with van der Waals surface area (Å²) in [6, 6.07) is 0.550. The first-order valence-corrected chi connectivity index (χ1v) is 3.76. The molecular weight excluding hydrogens is 126 g/mol. The fourth-order valence-electron chi connectivity index (χ4n) is 1.29. The zero-order chi connectivity index (χ0) is 7.40. The molecule has 1 saturated heterocycles. The quantitative estimate of drug-likeness (QED) is 0.428. The van der Waals surface area contributed by atoms with E-state index in [1.807, 2.05) is 0 Å². The molecule has 0 radical (unpaired) electrons. The van der Waals surface area contributed by atoms with Crippen LogP contribution >= 0.6 is 0 Å². The summed E-state index contributed by atoms with van der Waals surface area (Å²) in [5, 5.41) is 9.86. The Kier molecular flexibility index (Phi) is 2.68. The highest BCUT2D eigenvalue weighted by Gasteiger charge is 2.14. The Morgan fingerprint density at radius 2 is 2.10 bits per heavy atom. The molecule has 3 heteroatoms. The molecule has 58 valence electrons. The Morgan fingerprint density at radius 1 is 1.50 bits per heavy atom. The number of piperidine rings is 1.